The first-order valence-electron chi connectivity index (χ1n) is 11.7. The molecule has 0 unspecified atom stereocenters. The predicted molar refractivity (Wildman–Crippen MR) is 146 cm³/mol. The first-order valence-corrected chi connectivity index (χ1v) is 12.1. The zero-order valence-corrected chi connectivity index (χ0v) is 21.6. The van der Waals surface area contributed by atoms with Crippen LogP contribution in [0.1, 0.15) is 25.0 Å². The van der Waals surface area contributed by atoms with E-state index in [9.17, 15) is 20.1 Å². The standard InChI is InChI=1S/C30H24ClN3O4/c1-3-37-29(35)23(19-32)18-21-10-14-25(15-11-21)34(24-8-6-5-7-9-24)26-16-12-22(13-17-26)28(31)27(20-33)30(36)38-4-2/h5-18H,3-4H2,1-2H3/b23-18+,28-27-. The number of anilines is 3. The molecule has 8 heteroatoms. The summed E-state index contributed by atoms with van der Waals surface area (Å²) in [6.07, 6.45) is 1.48. The molecule has 38 heavy (non-hydrogen) atoms. The van der Waals surface area contributed by atoms with Crippen molar-refractivity contribution in [2.75, 3.05) is 18.1 Å². The molecule has 0 aliphatic rings. The van der Waals surface area contributed by atoms with Gasteiger partial charge in [0.1, 0.15) is 17.7 Å². The molecular weight excluding hydrogens is 502 g/mol. The van der Waals surface area contributed by atoms with Crippen molar-refractivity contribution >= 4 is 51.7 Å². The molecular formula is C30H24ClN3O4. The van der Waals surface area contributed by atoms with Gasteiger partial charge >= 0.3 is 11.9 Å². The second-order valence-corrected chi connectivity index (χ2v) is 8.10. The van der Waals surface area contributed by atoms with E-state index in [0.29, 0.717) is 11.1 Å². The average molecular weight is 526 g/mol. The van der Waals surface area contributed by atoms with E-state index in [1.165, 1.54) is 6.08 Å². The average Bonchev–Trinajstić information content (AvgIpc) is 2.94. The van der Waals surface area contributed by atoms with Crippen LogP contribution in [-0.4, -0.2) is 25.2 Å². The third kappa shape index (κ3) is 6.67. The lowest BCUT2D eigenvalue weighted by atomic mass is 10.1. The number of carbonyl (C=O) groups is 2. The molecule has 0 saturated carbocycles. The Bertz CT molecular complexity index is 1430. The van der Waals surface area contributed by atoms with E-state index >= 15 is 0 Å². The van der Waals surface area contributed by atoms with Crippen molar-refractivity contribution in [1.82, 2.24) is 0 Å². The van der Waals surface area contributed by atoms with Gasteiger partial charge in [-0.15, -0.1) is 0 Å². The molecule has 3 aromatic rings. The van der Waals surface area contributed by atoms with Gasteiger partial charge in [0.2, 0.25) is 0 Å². The number of benzene rings is 3. The Morgan fingerprint density at radius 2 is 1.32 bits per heavy atom. The van der Waals surface area contributed by atoms with Crippen molar-refractivity contribution in [1.29, 1.82) is 10.5 Å². The number of carbonyl (C=O) groups excluding carboxylic acids is 2. The van der Waals surface area contributed by atoms with Crippen molar-refractivity contribution in [3.63, 3.8) is 0 Å². The minimum Gasteiger partial charge on any atom is -0.462 e. The summed E-state index contributed by atoms with van der Waals surface area (Å²) in [5.74, 6) is -1.44. The van der Waals surface area contributed by atoms with E-state index in [1.54, 1.807) is 38.1 Å². The van der Waals surface area contributed by atoms with Crippen LogP contribution in [0.3, 0.4) is 0 Å². The monoisotopic (exact) mass is 525 g/mol. The summed E-state index contributed by atoms with van der Waals surface area (Å²) >= 11 is 6.36. The largest absolute Gasteiger partial charge is 0.462 e. The maximum absolute atomic E-state index is 12.1. The summed E-state index contributed by atoms with van der Waals surface area (Å²) in [7, 11) is 0. The van der Waals surface area contributed by atoms with Gasteiger partial charge in [-0.2, -0.15) is 10.5 Å². The number of nitrogens with zero attached hydrogens (tertiary/aromatic N) is 3. The zero-order chi connectivity index (χ0) is 27.5. The molecule has 0 aromatic heterocycles. The van der Waals surface area contributed by atoms with Crippen molar-refractivity contribution in [2.24, 2.45) is 0 Å². The Labute approximate surface area is 226 Å². The van der Waals surface area contributed by atoms with Gasteiger partial charge in [0, 0.05) is 17.1 Å². The molecule has 0 aliphatic heterocycles. The molecule has 0 amide bonds. The SMILES string of the molecule is CCOC(=O)/C(C#N)=C(\Cl)c1ccc(N(c2ccccc2)c2ccc(/C=C(\C#N)C(=O)OCC)cc2)cc1. The van der Waals surface area contributed by atoms with Crippen LogP contribution in [0.2, 0.25) is 0 Å². The molecule has 0 aliphatic carbocycles. The lowest BCUT2D eigenvalue weighted by Gasteiger charge is -2.25. The minimum atomic E-state index is -0.772. The molecule has 0 spiro atoms. The van der Waals surface area contributed by atoms with Crippen LogP contribution < -0.4 is 4.90 Å². The first kappa shape index (κ1) is 27.7. The number of nitriles is 2. The number of halogens is 1. The van der Waals surface area contributed by atoms with E-state index in [2.05, 4.69) is 0 Å². The molecule has 0 N–H and O–H groups in total. The fourth-order valence-corrected chi connectivity index (χ4v) is 3.79. The second-order valence-electron chi connectivity index (χ2n) is 7.72. The van der Waals surface area contributed by atoms with Crippen molar-refractivity contribution in [2.45, 2.75) is 13.8 Å². The van der Waals surface area contributed by atoms with Crippen LogP contribution in [-0.2, 0) is 19.1 Å². The second kappa shape index (κ2) is 13.5. The third-order valence-electron chi connectivity index (χ3n) is 5.28. The van der Waals surface area contributed by atoms with Crippen LogP contribution >= 0.6 is 11.6 Å². The van der Waals surface area contributed by atoms with Gasteiger partial charge in [0.25, 0.3) is 0 Å². The summed E-state index contributed by atoms with van der Waals surface area (Å²) in [6.45, 7) is 3.65. The summed E-state index contributed by atoms with van der Waals surface area (Å²) in [4.78, 5) is 26.0. The molecule has 0 saturated heterocycles. The van der Waals surface area contributed by atoms with Crippen LogP contribution in [0.15, 0.2) is 90.0 Å². The van der Waals surface area contributed by atoms with E-state index < -0.39 is 11.9 Å². The highest BCUT2D eigenvalue weighted by atomic mass is 35.5. The Hall–Kier alpha value is -4.85. The van der Waals surface area contributed by atoms with Crippen LogP contribution in [0.5, 0.6) is 0 Å². The Kier molecular flexibility index (Phi) is 9.82. The van der Waals surface area contributed by atoms with Gasteiger partial charge < -0.3 is 14.4 Å². The van der Waals surface area contributed by atoms with Gasteiger partial charge in [-0.05, 0) is 67.4 Å². The number of esters is 2. The number of hydrogen-bond acceptors (Lipinski definition) is 7. The lowest BCUT2D eigenvalue weighted by molar-refractivity contribution is -0.138. The van der Waals surface area contributed by atoms with Crippen molar-refractivity contribution in [3.8, 4) is 12.1 Å². The normalized spacial score (nSPS) is 11.4. The summed E-state index contributed by atoms with van der Waals surface area (Å²) in [6, 6.07) is 27.8. The number of hydrogen-bond donors (Lipinski definition) is 0. The van der Waals surface area contributed by atoms with Crippen LogP contribution in [0.4, 0.5) is 17.1 Å². The molecule has 0 atom stereocenters. The van der Waals surface area contributed by atoms with Crippen molar-refractivity contribution in [3.05, 3.63) is 101 Å². The molecule has 3 rings (SSSR count). The number of rotatable bonds is 9. The van der Waals surface area contributed by atoms with Gasteiger partial charge in [0.05, 0.1) is 18.2 Å². The third-order valence-corrected chi connectivity index (χ3v) is 5.69. The molecule has 7 nitrogen and oxygen atoms in total. The van der Waals surface area contributed by atoms with Gasteiger partial charge in [-0.3, -0.25) is 0 Å². The van der Waals surface area contributed by atoms with E-state index in [-0.39, 0.29) is 29.4 Å². The highest BCUT2D eigenvalue weighted by molar-refractivity contribution is 6.51. The summed E-state index contributed by atoms with van der Waals surface area (Å²) in [5.41, 5.74) is 3.33. The smallest absolute Gasteiger partial charge is 0.350 e. The Morgan fingerprint density at radius 1 is 0.789 bits per heavy atom. The first-order chi connectivity index (χ1) is 18.4. The van der Waals surface area contributed by atoms with E-state index in [0.717, 1.165) is 17.1 Å². The fourth-order valence-electron chi connectivity index (χ4n) is 3.55. The quantitative estimate of drug-likeness (QED) is 0.175. The summed E-state index contributed by atoms with van der Waals surface area (Å²) in [5, 5.41) is 18.7. The molecule has 0 radical (unpaired) electrons. The Morgan fingerprint density at radius 3 is 1.84 bits per heavy atom. The maximum atomic E-state index is 12.1. The van der Waals surface area contributed by atoms with Crippen molar-refractivity contribution < 1.29 is 19.1 Å². The fraction of sp³-hybridized carbons (Fsp3) is 0.133. The van der Waals surface area contributed by atoms with Gasteiger partial charge in [0.15, 0.2) is 5.57 Å². The highest BCUT2D eigenvalue weighted by Crippen LogP contribution is 2.36. The van der Waals surface area contributed by atoms with Gasteiger partial charge in [-0.1, -0.05) is 54.1 Å². The zero-order valence-electron chi connectivity index (χ0n) is 20.8. The molecule has 0 bridgehead atoms. The lowest BCUT2D eigenvalue weighted by Crippen LogP contribution is -2.10. The topological polar surface area (TPSA) is 103 Å². The summed E-state index contributed by atoms with van der Waals surface area (Å²) < 4.78 is 9.85. The van der Waals surface area contributed by atoms with E-state index in [4.69, 9.17) is 21.1 Å². The maximum Gasteiger partial charge on any atom is 0.350 e. The van der Waals surface area contributed by atoms with E-state index in [1.807, 2.05) is 71.6 Å². The highest BCUT2D eigenvalue weighted by Gasteiger charge is 2.18. The minimum absolute atomic E-state index is 0.00907. The number of para-hydroxylation sites is 1. The molecule has 0 fully saturated rings. The predicted octanol–water partition coefficient (Wildman–Crippen LogP) is 6.66. The van der Waals surface area contributed by atoms with Gasteiger partial charge in [-0.25, -0.2) is 9.59 Å². The Balaban J connectivity index is 1.99. The van der Waals surface area contributed by atoms with Crippen LogP contribution in [0, 0.1) is 22.7 Å². The van der Waals surface area contributed by atoms with Crippen LogP contribution in [0.25, 0.3) is 11.1 Å². The molecule has 3 aromatic carbocycles. The number of ether oxygens (including phenoxy) is 2. The molecule has 0 heterocycles. The molecule has 190 valence electrons.